The van der Waals surface area contributed by atoms with Crippen molar-refractivity contribution in [1.82, 2.24) is 9.55 Å². The van der Waals surface area contributed by atoms with Crippen molar-refractivity contribution in [3.8, 4) is 5.88 Å². The number of hydrogen-bond donors (Lipinski definition) is 1. The number of aromatic nitrogens is 2. The minimum atomic E-state index is -0.459. The highest BCUT2D eigenvalue weighted by atomic mass is 16.4. The van der Waals surface area contributed by atoms with Crippen molar-refractivity contribution in [1.29, 1.82) is 0 Å². The van der Waals surface area contributed by atoms with Crippen LogP contribution in [0, 0.1) is 0 Å². The van der Waals surface area contributed by atoms with Gasteiger partial charge in [-0.1, -0.05) is 18.2 Å². The number of nitrogens with zero attached hydrogens (tertiary/aromatic N) is 2. The smallest absolute Gasteiger partial charge is 0.250 e. The van der Waals surface area contributed by atoms with Crippen LogP contribution in [0.1, 0.15) is 10.4 Å². The molecular formula is C12H9N3O2. The minimum absolute atomic E-state index is 0.459. The molecule has 1 amide bonds. The molecule has 0 fully saturated rings. The highest BCUT2D eigenvalue weighted by molar-refractivity contribution is 6.06. The molecule has 0 aliphatic heterocycles. The largest absolute Gasteiger partial charge is 0.427 e. The lowest BCUT2D eigenvalue weighted by molar-refractivity contribution is 0.100. The molecule has 5 nitrogen and oxygen atoms in total. The molecule has 2 N–H and O–H groups in total. The van der Waals surface area contributed by atoms with Crippen LogP contribution < -0.4 is 5.73 Å². The summed E-state index contributed by atoms with van der Waals surface area (Å²) < 4.78 is 6.97. The van der Waals surface area contributed by atoms with Gasteiger partial charge in [0.1, 0.15) is 0 Å². The molecule has 5 heteroatoms. The highest BCUT2D eigenvalue weighted by Gasteiger charge is 2.14. The van der Waals surface area contributed by atoms with Crippen LogP contribution in [0.4, 0.5) is 0 Å². The van der Waals surface area contributed by atoms with Gasteiger partial charge in [0.25, 0.3) is 5.91 Å². The number of nitrogens with two attached hydrogens (primary N) is 1. The van der Waals surface area contributed by atoms with E-state index in [0.717, 1.165) is 10.9 Å². The van der Waals surface area contributed by atoms with Gasteiger partial charge >= 0.3 is 0 Å². The summed E-state index contributed by atoms with van der Waals surface area (Å²) >= 11 is 0. The van der Waals surface area contributed by atoms with Crippen LogP contribution in [0.5, 0.6) is 0 Å². The molecule has 1 aromatic carbocycles. The number of oxazole rings is 1. The van der Waals surface area contributed by atoms with Gasteiger partial charge < -0.3 is 10.2 Å². The Morgan fingerprint density at radius 2 is 2.18 bits per heavy atom. The summed E-state index contributed by atoms with van der Waals surface area (Å²) in [5.41, 5.74) is 6.68. The molecule has 0 saturated heterocycles. The Balaban J connectivity index is 2.37. The zero-order valence-electron chi connectivity index (χ0n) is 8.83. The molecule has 0 saturated carbocycles. The van der Waals surface area contributed by atoms with Crippen molar-refractivity contribution in [3.05, 3.63) is 48.6 Å². The van der Waals surface area contributed by atoms with Crippen LogP contribution >= 0.6 is 0 Å². The van der Waals surface area contributed by atoms with E-state index < -0.39 is 5.91 Å². The Hall–Kier alpha value is -2.56. The maximum Gasteiger partial charge on any atom is 0.250 e. The Kier molecular flexibility index (Phi) is 1.98. The lowest BCUT2D eigenvalue weighted by Gasteiger charge is -1.98. The topological polar surface area (TPSA) is 74.1 Å². The quantitative estimate of drug-likeness (QED) is 0.724. The van der Waals surface area contributed by atoms with E-state index in [-0.39, 0.29) is 0 Å². The van der Waals surface area contributed by atoms with E-state index in [4.69, 9.17) is 10.2 Å². The third-order valence-corrected chi connectivity index (χ3v) is 2.63. The maximum atomic E-state index is 11.4. The third-order valence-electron chi connectivity index (χ3n) is 2.63. The Morgan fingerprint density at radius 1 is 1.35 bits per heavy atom. The molecule has 3 rings (SSSR count). The van der Waals surface area contributed by atoms with Gasteiger partial charge in [-0.2, -0.15) is 0 Å². The van der Waals surface area contributed by atoms with E-state index in [1.54, 1.807) is 17.0 Å². The number of carbonyl (C=O) groups excluding carboxylic acids is 1. The molecule has 17 heavy (non-hydrogen) atoms. The van der Waals surface area contributed by atoms with Gasteiger partial charge in [-0.25, -0.2) is 4.98 Å². The van der Waals surface area contributed by atoms with E-state index in [0.29, 0.717) is 11.4 Å². The first kappa shape index (κ1) is 9.65. The summed E-state index contributed by atoms with van der Waals surface area (Å²) in [4.78, 5) is 15.2. The highest BCUT2D eigenvalue weighted by Crippen LogP contribution is 2.24. The Morgan fingerprint density at radius 3 is 2.88 bits per heavy atom. The number of rotatable bonds is 2. The number of benzene rings is 1. The van der Waals surface area contributed by atoms with Gasteiger partial charge in [0, 0.05) is 11.6 Å². The SMILES string of the molecule is NC(=O)c1cn(-c2cnco2)c2ccccc12. The zero-order valence-corrected chi connectivity index (χ0v) is 8.83. The van der Waals surface area contributed by atoms with Crippen molar-refractivity contribution < 1.29 is 9.21 Å². The predicted octanol–water partition coefficient (Wildman–Crippen LogP) is 1.72. The molecular weight excluding hydrogens is 218 g/mol. The Labute approximate surface area is 96.5 Å². The van der Waals surface area contributed by atoms with E-state index in [1.807, 2.05) is 24.3 Å². The molecule has 0 bridgehead atoms. The van der Waals surface area contributed by atoms with Crippen LogP contribution in [0.3, 0.4) is 0 Å². The minimum Gasteiger partial charge on any atom is -0.427 e. The summed E-state index contributed by atoms with van der Waals surface area (Å²) in [5.74, 6) is 0.0909. The van der Waals surface area contributed by atoms with Gasteiger partial charge in [0.2, 0.25) is 5.88 Å². The lowest BCUT2D eigenvalue weighted by atomic mass is 10.2. The van der Waals surface area contributed by atoms with Gasteiger partial charge in [-0.05, 0) is 6.07 Å². The number of para-hydroxylation sites is 1. The van der Waals surface area contributed by atoms with Crippen LogP contribution in [-0.2, 0) is 0 Å². The van der Waals surface area contributed by atoms with Crippen LogP contribution in [-0.4, -0.2) is 15.5 Å². The van der Waals surface area contributed by atoms with E-state index in [2.05, 4.69) is 4.98 Å². The number of carbonyl (C=O) groups is 1. The second kappa shape index (κ2) is 3.48. The molecule has 2 aromatic heterocycles. The average molecular weight is 227 g/mol. The number of hydrogen-bond acceptors (Lipinski definition) is 3. The third kappa shape index (κ3) is 1.40. The first-order valence-electron chi connectivity index (χ1n) is 5.06. The monoisotopic (exact) mass is 227 g/mol. The second-order valence-electron chi connectivity index (χ2n) is 3.63. The lowest BCUT2D eigenvalue weighted by Crippen LogP contribution is -2.10. The predicted molar refractivity (Wildman–Crippen MR) is 61.9 cm³/mol. The van der Waals surface area contributed by atoms with Gasteiger partial charge in [-0.3, -0.25) is 9.36 Å². The summed E-state index contributed by atoms with van der Waals surface area (Å²) in [7, 11) is 0. The van der Waals surface area contributed by atoms with Crippen molar-refractivity contribution in [2.75, 3.05) is 0 Å². The fraction of sp³-hybridized carbons (Fsp3) is 0. The summed E-state index contributed by atoms with van der Waals surface area (Å²) in [6.45, 7) is 0. The van der Waals surface area contributed by atoms with Crippen molar-refractivity contribution >= 4 is 16.8 Å². The number of primary amides is 1. The molecule has 0 radical (unpaired) electrons. The normalized spacial score (nSPS) is 10.8. The van der Waals surface area contributed by atoms with E-state index >= 15 is 0 Å². The van der Waals surface area contributed by atoms with Crippen LogP contribution in [0.25, 0.3) is 16.8 Å². The molecule has 0 unspecified atom stereocenters. The first-order chi connectivity index (χ1) is 8.27. The maximum absolute atomic E-state index is 11.4. The summed E-state index contributed by atoms with van der Waals surface area (Å²) in [5, 5.41) is 0.802. The van der Waals surface area contributed by atoms with Crippen LogP contribution in [0.15, 0.2) is 47.5 Å². The Bertz CT molecular complexity index is 683. The molecule has 3 aromatic rings. The van der Waals surface area contributed by atoms with Gasteiger partial charge in [-0.15, -0.1) is 0 Å². The van der Waals surface area contributed by atoms with Crippen molar-refractivity contribution in [3.63, 3.8) is 0 Å². The molecule has 84 valence electrons. The number of fused-ring (bicyclic) bond motifs is 1. The molecule has 0 aliphatic carbocycles. The fourth-order valence-electron chi connectivity index (χ4n) is 1.89. The van der Waals surface area contributed by atoms with Crippen LogP contribution in [0.2, 0.25) is 0 Å². The first-order valence-corrected chi connectivity index (χ1v) is 5.06. The van der Waals surface area contributed by atoms with E-state index in [9.17, 15) is 4.79 Å². The standard InChI is InChI=1S/C12H9N3O2/c13-12(16)9-6-15(11-5-14-7-17-11)10-4-2-1-3-8(9)10/h1-7H,(H2,13,16). The molecule has 0 spiro atoms. The van der Waals surface area contributed by atoms with Crippen molar-refractivity contribution in [2.45, 2.75) is 0 Å². The molecule has 2 heterocycles. The number of amides is 1. The average Bonchev–Trinajstić information content (AvgIpc) is 2.95. The molecule has 0 atom stereocenters. The fourth-order valence-corrected chi connectivity index (χ4v) is 1.89. The zero-order chi connectivity index (χ0) is 11.8. The van der Waals surface area contributed by atoms with Crippen molar-refractivity contribution in [2.24, 2.45) is 5.73 Å². The summed E-state index contributed by atoms with van der Waals surface area (Å²) in [6, 6.07) is 7.49. The van der Waals surface area contributed by atoms with E-state index in [1.165, 1.54) is 6.39 Å². The molecule has 0 aliphatic rings. The van der Waals surface area contributed by atoms with Gasteiger partial charge in [0.15, 0.2) is 6.39 Å². The second-order valence-corrected chi connectivity index (χ2v) is 3.63. The summed E-state index contributed by atoms with van der Waals surface area (Å²) in [6.07, 6.45) is 4.58. The van der Waals surface area contributed by atoms with Gasteiger partial charge in [0.05, 0.1) is 17.3 Å².